The van der Waals surface area contributed by atoms with Crippen molar-refractivity contribution in [3.63, 3.8) is 0 Å². The number of carbonyl (C=O) groups excluding carboxylic acids is 1. The SMILES string of the molecule is CCC(Oc1ccccc1F)C(=O)NC1(C(=O)O)CCOC1. The molecule has 2 N–H and O–H groups in total. The lowest BCUT2D eigenvalue weighted by Gasteiger charge is -2.26. The molecule has 1 saturated heterocycles. The van der Waals surface area contributed by atoms with Crippen LogP contribution in [-0.2, 0) is 14.3 Å². The standard InChI is InChI=1S/C15H18FNO5/c1-2-11(22-12-6-4-3-5-10(12)16)13(18)17-15(14(19)20)7-8-21-9-15/h3-6,11H,2,7-9H2,1H3,(H,17,18)(H,19,20). The first-order valence-electron chi connectivity index (χ1n) is 7.03. The first-order valence-corrected chi connectivity index (χ1v) is 7.03. The van der Waals surface area contributed by atoms with E-state index in [-0.39, 0.29) is 31.8 Å². The minimum absolute atomic E-state index is 0.0449. The van der Waals surface area contributed by atoms with Gasteiger partial charge in [-0.05, 0) is 18.6 Å². The molecule has 2 atom stereocenters. The fraction of sp³-hybridized carbons (Fsp3) is 0.467. The summed E-state index contributed by atoms with van der Waals surface area (Å²) < 4.78 is 24.0. The smallest absolute Gasteiger partial charge is 0.331 e. The van der Waals surface area contributed by atoms with E-state index in [9.17, 15) is 19.1 Å². The topological polar surface area (TPSA) is 84.9 Å². The fourth-order valence-corrected chi connectivity index (χ4v) is 2.22. The Morgan fingerprint density at radius 2 is 2.23 bits per heavy atom. The Hall–Kier alpha value is -2.15. The number of aliphatic carboxylic acids is 1. The molecule has 120 valence electrons. The third-order valence-electron chi connectivity index (χ3n) is 3.56. The molecular formula is C15H18FNO5. The van der Waals surface area contributed by atoms with Gasteiger partial charge in [-0.3, -0.25) is 4.79 Å². The molecule has 1 amide bonds. The molecule has 1 aliphatic rings. The summed E-state index contributed by atoms with van der Waals surface area (Å²) >= 11 is 0. The molecular weight excluding hydrogens is 293 g/mol. The molecule has 6 nitrogen and oxygen atoms in total. The van der Waals surface area contributed by atoms with Crippen LogP contribution in [0, 0.1) is 5.82 Å². The van der Waals surface area contributed by atoms with Crippen molar-refractivity contribution in [3.05, 3.63) is 30.1 Å². The van der Waals surface area contributed by atoms with Crippen molar-refractivity contribution < 1.29 is 28.6 Å². The van der Waals surface area contributed by atoms with Gasteiger partial charge in [-0.2, -0.15) is 0 Å². The third kappa shape index (κ3) is 3.36. The highest BCUT2D eigenvalue weighted by atomic mass is 19.1. The van der Waals surface area contributed by atoms with E-state index >= 15 is 0 Å². The van der Waals surface area contributed by atoms with E-state index in [1.165, 1.54) is 18.2 Å². The van der Waals surface area contributed by atoms with Gasteiger partial charge in [0.1, 0.15) is 0 Å². The highest BCUT2D eigenvalue weighted by Crippen LogP contribution is 2.21. The average Bonchev–Trinajstić information content (AvgIpc) is 2.96. The number of benzene rings is 1. The number of para-hydroxylation sites is 1. The van der Waals surface area contributed by atoms with Crippen molar-refractivity contribution in [1.82, 2.24) is 5.32 Å². The van der Waals surface area contributed by atoms with Crippen LogP contribution >= 0.6 is 0 Å². The van der Waals surface area contributed by atoms with Crippen molar-refractivity contribution in [2.24, 2.45) is 0 Å². The Bertz CT molecular complexity index is 557. The van der Waals surface area contributed by atoms with Gasteiger partial charge >= 0.3 is 5.97 Å². The van der Waals surface area contributed by atoms with E-state index in [2.05, 4.69) is 5.32 Å². The highest BCUT2D eigenvalue weighted by Gasteiger charge is 2.45. The van der Waals surface area contributed by atoms with E-state index in [0.29, 0.717) is 0 Å². The summed E-state index contributed by atoms with van der Waals surface area (Å²) in [6, 6.07) is 5.74. The summed E-state index contributed by atoms with van der Waals surface area (Å²) in [5, 5.41) is 11.8. The first kappa shape index (κ1) is 16.2. The molecule has 0 spiro atoms. The average molecular weight is 311 g/mol. The molecule has 1 aromatic carbocycles. The van der Waals surface area contributed by atoms with Crippen LogP contribution in [-0.4, -0.2) is 41.8 Å². The highest BCUT2D eigenvalue weighted by molar-refractivity contribution is 5.89. The van der Waals surface area contributed by atoms with Crippen molar-refractivity contribution in [3.8, 4) is 5.75 Å². The number of rotatable bonds is 6. The Morgan fingerprint density at radius 1 is 1.50 bits per heavy atom. The molecule has 2 rings (SSSR count). The molecule has 2 unspecified atom stereocenters. The second kappa shape index (κ2) is 6.74. The number of ether oxygens (including phenoxy) is 2. The molecule has 7 heteroatoms. The number of nitrogens with one attached hydrogen (secondary N) is 1. The van der Waals surface area contributed by atoms with E-state index in [0.717, 1.165) is 0 Å². The number of carboxylic acid groups (broad SMARTS) is 1. The fourth-order valence-electron chi connectivity index (χ4n) is 2.22. The number of hydrogen-bond acceptors (Lipinski definition) is 4. The van der Waals surface area contributed by atoms with Gasteiger partial charge < -0.3 is 19.9 Å². The zero-order valence-electron chi connectivity index (χ0n) is 12.2. The summed E-state index contributed by atoms with van der Waals surface area (Å²) in [6.07, 6.45) is -0.519. The van der Waals surface area contributed by atoms with E-state index in [4.69, 9.17) is 9.47 Å². The summed E-state index contributed by atoms with van der Waals surface area (Å²) in [7, 11) is 0. The predicted octanol–water partition coefficient (Wildman–Crippen LogP) is 1.34. The molecule has 22 heavy (non-hydrogen) atoms. The third-order valence-corrected chi connectivity index (χ3v) is 3.56. The van der Waals surface area contributed by atoms with E-state index < -0.39 is 29.3 Å². The second-order valence-electron chi connectivity index (χ2n) is 5.12. The minimum Gasteiger partial charge on any atom is -0.479 e. The van der Waals surface area contributed by atoms with Crippen LogP contribution < -0.4 is 10.1 Å². The molecule has 0 aliphatic carbocycles. The van der Waals surface area contributed by atoms with Crippen molar-refractivity contribution in [2.45, 2.75) is 31.4 Å². The van der Waals surface area contributed by atoms with Gasteiger partial charge in [0.2, 0.25) is 0 Å². The maximum atomic E-state index is 13.6. The maximum Gasteiger partial charge on any atom is 0.331 e. The van der Waals surface area contributed by atoms with Crippen LogP contribution in [0.3, 0.4) is 0 Å². The summed E-state index contributed by atoms with van der Waals surface area (Å²) in [4.78, 5) is 23.7. The van der Waals surface area contributed by atoms with Crippen LogP contribution in [0.5, 0.6) is 5.75 Å². The zero-order chi connectivity index (χ0) is 16.2. The monoisotopic (exact) mass is 311 g/mol. The van der Waals surface area contributed by atoms with Gasteiger partial charge in [0.15, 0.2) is 23.2 Å². The van der Waals surface area contributed by atoms with Crippen molar-refractivity contribution in [2.75, 3.05) is 13.2 Å². The summed E-state index contributed by atoms with van der Waals surface area (Å²) in [5.41, 5.74) is -1.44. The van der Waals surface area contributed by atoms with Crippen LogP contribution in [0.1, 0.15) is 19.8 Å². The quantitative estimate of drug-likeness (QED) is 0.828. The van der Waals surface area contributed by atoms with Gasteiger partial charge in [-0.15, -0.1) is 0 Å². The number of hydrogen-bond donors (Lipinski definition) is 2. The lowest BCUT2D eigenvalue weighted by molar-refractivity contribution is -0.149. The van der Waals surface area contributed by atoms with Crippen LogP contribution in [0.15, 0.2) is 24.3 Å². The van der Waals surface area contributed by atoms with Gasteiger partial charge in [0, 0.05) is 13.0 Å². The lowest BCUT2D eigenvalue weighted by atomic mass is 9.98. The van der Waals surface area contributed by atoms with Gasteiger partial charge in [-0.1, -0.05) is 19.1 Å². The van der Waals surface area contributed by atoms with Crippen molar-refractivity contribution in [1.29, 1.82) is 0 Å². The molecule has 1 fully saturated rings. The lowest BCUT2D eigenvalue weighted by Crippen LogP contribution is -2.58. The van der Waals surface area contributed by atoms with E-state index in [1.54, 1.807) is 13.0 Å². The van der Waals surface area contributed by atoms with Gasteiger partial charge in [0.25, 0.3) is 5.91 Å². The van der Waals surface area contributed by atoms with Crippen LogP contribution in [0.2, 0.25) is 0 Å². The molecule has 1 heterocycles. The number of carbonyl (C=O) groups is 2. The molecule has 1 aromatic rings. The minimum atomic E-state index is -1.44. The Labute approximate surface area is 127 Å². The molecule has 0 aromatic heterocycles. The Kier molecular flexibility index (Phi) is 4.97. The summed E-state index contributed by atoms with van der Waals surface area (Å²) in [5.74, 6) is -2.37. The largest absolute Gasteiger partial charge is 0.479 e. The van der Waals surface area contributed by atoms with Gasteiger partial charge in [-0.25, -0.2) is 9.18 Å². The van der Waals surface area contributed by atoms with Crippen LogP contribution in [0.25, 0.3) is 0 Å². The molecule has 1 aliphatic heterocycles. The number of halogens is 1. The van der Waals surface area contributed by atoms with Gasteiger partial charge in [0.05, 0.1) is 6.61 Å². The number of carboxylic acids is 1. The number of amides is 1. The molecule has 0 saturated carbocycles. The zero-order valence-corrected chi connectivity index (χ0v) is 12.2. The van der Waals surface area contributed by atoms with Crippen molar-refractivity contribution >= 4 is 11.9 Å². The Morgan fingerprint density at radius 3 is 2.77 bits per heavy atom. The maximum absolute atomic E-state index is 13.6. The Balaban J connectivity index is 2.09. The molecule has 0 bridgehead atoms. The summed E-state index contributed by atoms with van der Waals surface area (Å²) in [6.45, 7) is 1.87. The predicted molar refractivity (Wildman–Crippen MR) is 75.1 cm³/mol. The molecule has 0 radical (unpaired) electrons. The first-order chi connectivity index (χ1) is 10.5. The van der Waals surface area contributed by atoms with E-state index in [1.807, 2.05) is 0 Å². The second-order valence-corrected chi connectivity index (χ2v) is 5.12. The normalized spacial score (nSPS) is 22.1. The van der Waals surface area contributed by atoms with Crippen LogP contribution in [0.4, 0.5) is 4.39 Å².